The van der Waals surface area contributed by atoms with E-state index in [2.05, 4.69) is 6.07 Å². The fraction of sp³-hybridized carbons (Fsp3) is 0. The summed E-state index contributed by atoms with van der Waals surface area (Å²) in [4.78, 5) is 0. The van der Waals surface area contributed by atoms with Crippen LogP contribution in [0.15, 0.2) is 66.7 Å². The Kier molecular flexibility index (Phi) is 3.59. The predicted octanol–water partition coefficient (Wildman–Crippen LogP) is 4.61. The van der Waals surface area contributed by atoms with Crippen molar-refractivity contribution in [2.45, 2.75) is 0 Å². The van der Waals surface area contributed by atoms with Gasteiger partial charge in [-0.2, -0.15) is 5.26 Å². The molecule has 3 heteroatoms. The third kappa shape index (κ3) is 2.55. The van der Waals surface area contributed by atoms with Gasteiger partial charge >= 0.3 is 0 Å². The van der Waals surface area contributed by atoms with Gasteiger partial charge < -0.3 is 5.73 Å². The molecule has 0 aliphatic carbocycles. The van der Waals surface area contributed by atoms with E-state index in [-0.39, 0.29) is 5.82 Å². The number of halogens is 1. The molecule has 0 aromatic heterocycles. The first-order valence-corrected chi connectivity index (χ1v) is 6.84. The Hall–Kier alpha value is -3.12. The molecular weight excluding hydrogens is 275 g/mol. The average molecular weight is 288 g/mol. The number of nitrogens with zero attached hydrogens (tertiary/aromatic N) is 1. The minimum absolute atomic E-state index is 0.356. The molecule has 22 heavy (non-hydrogen) atoms. The van der Waals surface area contributed by atoms with Gasteiger partial charge in [0.1, 0.15) is 5.82 Å². The summed E-state index contributed by atoms with van der Waals surface area (Å²) in [5.41, 5.74) is 10.1. The van der Waals surface area contributed by atoms with Crippen molar-refractivity contribution in [1.29, 1.82) is 5.26 Å². The quantitative estimate of drug-likeness (QED) is 0.700. The molecular formula is C19H13FN2. The Morgan fingerprint density at radius 1 is 0.818 bits per heavy atom. The monoisotopic (exact) mass is 288 g/mol. The number of nitriles is 1. The van der Waals surface area contributed by atoms with Crippen LogP contribution in [0.1, 0.15) is 5.56 Å². The van der Waals surface area contributed by atoms with Crippen molar-refractivity contribution in [3.05, 3.63) is 78.1 Å². The van der Waals surface area contributed by atoms with Crippen LogP contribution in [0.3, 0.4) is 0 Å². The number of anilines is 1. The lowest BCUT2D eigenvalue weighted by atomic mass is 9.95. The van der Waals surface area contributed by atoms with Crippen molar-refractivity contribution >= 4 is 5.69 Å². The number of nitrogen functional groups attached to an aromatic ring is 1. The second-order valence-corrected chi connectivity index (χ2v) is 4.97. The molecule has 0 spiro atoms. The molecule has 2 nitrogen and oxygen atoms in total. The molecule has 0 saturated heterocycles. The molecule has 0 heterocycles. The highest BCUT2D eigenvalue weighted by Crippen LogP contribution is 2.35. The summed E-state index contributed by atoms with van der Waals surface area (Å²) < 4.78 is 14.0. The smallest absolute Gasteiger partial charge is 0.124 e. The zero-order chi connectivity index (χ0) is 15.5. The molecule has 106 valence electrons. The molecule has 0 radical (unpaired) electrons. The topological polar surface area (TPSA) is 49.8 Å². The predicted molar refractivity (Wildman–Crippen MR) is 86.4 cm³/mol. The molecule has 3 aromatic rings. The van der Waals surface area contributed by atoms with Crippen LogP contribution in [0.4, 0.5) is 10.1 Å². The van der Waals surface area contributed by atoms with Gasteiger partial charge in [0.15, 0.2) is 0 Å². The SMILES string of the molecule is N#Cc1cccc(-c2cc(F)cc(-c3ccccc3)c2N)c1. The number of hydrogen-bond acceptors (Lipinski definition) is 2. The minimum Gasteiger partial charge on any atom is -0.398 e. The van der Waals surface area contributed by atoms with Crippen molar-refractivity contribution in [2.24, 2.45) is 0 Å². The summed E-state index contributed by atoms with van der Waals surface area (Å²) in [7, 11) is 0. The number of hydrogen-bond donors (Lipinski definition) is 1. The first-order valence-electron chi connectivity index (χ1n) is 6.84. The van der Waals surface area contributed by atoms with E-state index in [1.54, 1.807) is 18.2 Å². The van der Waals surface area contributed by atoms with Gasteiger partial charge in [0.2, 0.25) is 0 Å². The first-order chi connectivity index (χ1) is 10.7. The van der Waals surface area contributed by atoms with Gasteiger partial charge in [-0.1, -0.05) is 42.5 Å². The van der Waals surface area contributed by atoms with Crippen molar-refractivity contribution < 1.29 is 4.39 Å². The summed E-state index contributed by atoms with van der Waals surface area (Å²) in [6.45, 7) is 0. The van der Waals surface area contributed by atoms with Crippen LogP contribution in [0.5, 0.6) is 0 Å². The van der Waals surface area contributed by atoms with Crippen LogP contribution in [0, 0.1) is 17.1 Å². The molecule has 0 aliphatic heterocycles. The van der Waals surface area contributed by atoms with E-state index in [1.165, 1.54) is 12.1 Å². The highest BCUT2D eigenvalue weighted by Gasteiger charge is 2.12. The summed E-state index contributed by atoms with van der Waals surface area (Å²) >= 11 is 0. The van der Waals surface area contributed by atoms with Crippen LogP contribution in [-0.2, 0) is 0 Å². The summed E-state index contributed by atoms with van der Waals surface area (Å²) in [5, 5.41) is 9.01. The van der Waals surface area contributed by atoms with Crippen LogP contribution in [0.25, 0.3) is 22.3 Å². The number of benzene rings is 3. The van der Waals surface area contributed by atoms with Crippen molar-refractivity contribution in [1.82, 2.24) is 0 Å². The number of rotatable bonds is 2. The normalized spacial score (nSPS) is 10.2. The highest BCUT2D eigenvalue weighted by molar-refractivity contribution is 5.89. The van der Waals surface area contributed by atoms with Gasteiger partial charge in [-0.05, 0) is 35.4 Å². The zero-order valence-electron chi connectivity index (χ0n) is 11.8. The van der Waals surface area contributed by atoms with Gasteiger partial charge in [0.25, 0.3) is 0 Å². The summed E-state index contributed by atoms with van der Waals surface area (Å²) in [6.07, 6.45) is 0. The molecule has 0 unspecified atom stereocenters. The van der Waals surface area contributed by atoms with Crippen LogP contribution >= 0.6 is 0 Å². The second kappa shape index (κ2) is 5.71. The molecule has 0 aliphatic rings. The summed E-state index contributed by atoms with van der Waals surface area (Å²) in [6, 6.07) is 21.4. The van der Waals surface area contributed by atoms with E-state index in [0.29, 0.717) is 22.4 Å². The maximum Gasteiger partial charge on any atom is 0.124 e. The van der Waals surface area contributed by atoms with E-state index < -0.39 is 0 Å². The lowest BCUT2D eigenvalue weighted by Gasteiger charge is -2.12. The molecule has 0 amide bonds. The Labute approximate surface area is 128 Å². The van der Waals surface area contributed by atoms with Gasteiger partial charge in [-0.15, -0.1) is 0 Å². The van der Waals surface area contributed by atoms with Crippen molar-refractivity contribution in [3.8, 4) is 28.3 Å². The maximum absolute atomic E-state index is 14.0. The third-order valence-corrected chi connectivity index (χ3v) is 3.53. The fourth-order valence-corrected chi connectivity index (χ4v) is 2.47. The standard InChI is InChI=1S/C19H13FN2/c20-16-10-17(14-6-2-1-3-7-14)19(22)18(11-16)15-8-4-5-13(9-15)12-21/h1-11H,22H2. The molecule has 0 bridgehead atoms. The van der Waals surface area contributed by atoms with Crippen LogP contribution in [0.2, 0.25) is 0 Å². The number of nitrogens with two attached hydrogens (primary N) is 1. The Bertz CT molecular complexity index is 864. The lowest BCUT2D eigenvalue weighted by molar-refractivity contribution is 0.629. The molecule has 0 atom stereocenters. The second-order valence-electron chi connectivity index (χ2n) is 4.97. The molecule has 3 rings (SSSR count). The average Bonchev–Trinajstić information content (AvgIpc) is 2.57. The van der Waals surface area contributed by atoms with Gasteiger partial charge in [-0.25, -0.2) is 4.39 Å². The molecule has 0 fully saturated rings. The Morgan fingerprint density at radius 3 is 2.14 bits per heavy atom. The minimum atomic E-state index is -0.356. The summed E-state index contributed by atoms with van der Waals surface area (Å²) in [5.74, 6) is -0.356. The fourth-order valence-electron chi connectivity index (χ4n) is 2.47. The van der Waals surface area contributed by atoms with Gasteiger partial charge in [0.05, 0.1) is 11.6 Å². The Balaban J connectivity index is 2.21. The van der Waals surface area contributed by atoms with E-state index in [9.17, 15) is 4.39 Å². The molecule has 2 N–H and O–H groups in total. The van der Waals surface area contributed by atoms with Crippen molar-refractivity contribution in [2.75, 3.05) is 5.73 Å². The Morgan fingerprint density at radius 2 is 1.45 bits per heavy atom. The zero-order valence-corrected chi connectivity index (χ0v) is 11.8. The van der Waals surface area contributed by atoms with Gasteiger partial charge in [-0.3, -0.25) is 0 Å². The van der Waals surface area contributed by atoms with E-state index >= 15 is 0 Å². The molecule has 3 aromatic carbocycles. The van der Waals surface area contributed by atoms with E-state index in [1.807, 2.05) is 36.4 Å². The van der Waals surface area contributed by atoms with Crippen LogP contribution < -0.4 is 5.73 Å². The third-order valence-electron chi connectivity index (χ3n) is 3.53. The van der Waals surface area contributed by atoms with Crippen molar-refractivity contribution in [3.63, 3.8) is 0 Å². The van der Waals surface area contributed by atoms with E-state index in [0.717, 1.165) is 11.1 Å². The maximum atomic E-state index is 14.0. The highest BCUT2D eigenvalue weighted by atomic mass is 19.1. The van der Waals surface area contributed by atoms with Crippen LogP contribution in [-0.4, -0.2) is 0 Å². The van der Waals surface area contributed by atoms with Gasteiger partial charge in [0, 0.05) is 16.8 Å². The lowest BCUT2D eigenvalue weighted by Crippen LogP contribution is -1.96. The van der Waals surface area contributed by atoms with E-state index in [4.69, 9.17) is 11.0 Å². The first kappa shape index (κ1) is 13.8. The largest absolute Gasteiger partial charge is 0.398 e. The molecule has 0 saturated carbocycles.